The molecule has 4 nitrogen and oxygen atoms in total. The average Bonchev–Trinajstić information content (AvgIpc) is 2.91. The van der Waals surface area contributed by atoms with Crippen LogP contribution >= 0.6 is 0 Å². The number of rotatable bonds is 2. The molecule has 0 bridgehead atoms. The van der Waals surface area contributed by atoms with Crippen molar-refractivity contribution in [2.75, 3.05) is 13.1 Å². The third-order valence-corrected chi connectivity index (χ3v) is 3.80. The van der Waals surface area contributed by atoms with Gasteiger partial charge in [0.2, 0.25) is 0 Å². The molecule has 1 aromatic heterocycles. The highest BCUT2D eigenvalue weighted by Gasteiger charge is 2.17. The fraction of sp³-hybridized carbons (Fsp3) is 0.500. The van der Waals surface area contributed by atoms with E-state index in [1.54, 1.807) is 0 Å². The summed E-state index contributed by atoms with van der Waals surface area (Å²) in [7, 11) is 0. The van der Waals surface area contributed by atoms with Crippen LogP contribution in [0.3, 0.4) is 0 Å². The van der Waals surface area contributed by atoms with Gasteiger partial charge in [-0.3, -0.25) is 4.79 Å². The molecule has 0 amide bonds. The van der Waals surface area contributed by atoms with Gasteiger partial charge in [-0.15, -0.1) is 0 Å². The van der Waals surface area contributed by atoms with E-state index >= 15 is 0 Å². The number of carbonyl (C=O) groups is 1. The Hall–Kier alpha value is -1.81. The van der Waals surface area contributed by atoms with E-state index in [1.165, 1.54) is 29.3 Å². The van der Waals surface area contributed by atoms with Crippen LogP contribution in [0.15, 0.2) is 30.5 Å². The summed E-state index contributed by atoms with van der Waals surface area (Å²) in [5.41, 5.74) is 2.46. The molecular formula is C18H26N2O2. The van der Waals surface area contributed by atoms with Crippen molar-refractivity contribution in [1.29, 1.82) is 0 Å². The Kier molecular flexibility index (Phi) is 5.61. The van der Waals surface area contributed by atoms with Gasteiger partial charge >= 0.3 is 0 Å². The van der Waals surface area contributed by atoms with Crippen molar-refractivity contribution in [3.8, 4) is 0 Å². The number of piperidine rings is 1. The van der Waals surface area contributed by atoms with Crippen molar-refractivity contribution in [1.82, 2.24) is 10.3 Å². The Labute approximate surface area is 132 Å². The maximum absolute atomic E-state index is 9.60. The van der Waals surface area contributed by atoms with Crippen molar-refractivity contribution in [3.05, 3.63) is 36.0 Å². The molecule has 1 fully saturated rings. The van der Waals surface area contributed by atoms with Gasteiger partial charge in [-0.05, 0) is 64.3 Å². The average molecular weight is 302 g/mol. The third kappa shape index (κ3) is 4.60. The second kappa shape index (κ2) is 7.45. The lowest BCUT2D eigenvalue weighted by atomic mass is 9.90. The van der Waals surface area contributed by atoms with Gasteiger partial charge in [0.05, 0.1) is 0 Å². The van der Waals surface area contributed by atoms with E-state index in [0.29, 0.717) is 6.47 Å². The number of nitrogens with one attached hydrogen (secondary N) is 2. The van der Waals surface area contributed by atoms with Crippen molar-refractivity contribution in [2.24, 2.45) is 0 Å². The van der Waals surface area contributed by atoms with E-state index in [4.69, 9.17) is 0 Å². The van der Waals surface area contributed by atoms with Crippen LogP contribution < -0.4 is 5.32 Å². The molecule has 1 saturated heterocycles. The topological polar surface area (TPSA) is 54.1 Å². The minimum absolute atomic E-state index is 0.318. The van der Waals surface area contributed by atoms with Gasteiger partial charge in [0.15, 0.2) is 0 Å². The lowest BCUT2D eigenvalue weighted by molar-refractivity contribution is -0.138. The van der Waals surface area contributed by atoms with Crippen LogP contribution in [0.25, 0.3) is 10.9 Å². The molecule has 2 aromatic rings. The molecule has 2 N–H and O–H groups in total. The van der Waals surface area contributed by atoms with Crippen LogP contribution in [0.5, 0.6) is 0 Å². The standard InChI is InChI=1S/C13H16N2.C5H10O2/c1-2-4-13-11(3-1)12(9-15-13)10-5-7-14-8-6-10;1-5(2,3)7-4-6/h1-4,9-10,14-15H,5-8H2;4H,1-3H3. The van der Waals surface area contributed by atoms with Crippen LogP contribution in [0.2, 0.25) is 0 Å². The highest BCUT2D eigenvalue weighted by Crippen LogP contribution is 2.30. The Morgan fingerprint density at radius 1 is 1.18 bits per heavy atom. The predicted molar refractivity (Wildman–Crippen MR) is 90.0 cm³/mol. The molecule has 0 saturated carbocycles. The molecule has 4 heteroatoms. The Morgan fingerprint density at radius 3 is 2.45 bits per heavy atom. The number of H-pyrrole nitrogens is 1. The molecule has 0 unspecified atom stereocenters. The zero-order chi connectivity index (χ0) is 16.0. The number of benzene rings is 1. The lowest BCUT2D eigenvalue weighted by Crippen LogP contribution is -2.26. The van der Waals surface area contributed by atoms with Gasteiger partial charge in [-0.1, -0.05) is 18.2 Å². The highest BCUT2D eigenvalue weighted by atomic mass is 16.5. The number of carbonyl (C=O) groups excluding carboxylic acids is 1. The third-order valence-electron chi connectivity index (χ3n) is 3.80. The number of aromatic nitrogens is 1. The minimum atomic E-state index is -0.318. The normalized spacial score (nSPS) is 16.0. The summed E-state index contributed by atoms with van der Waals surface area (Å²) in [6.45, 7) is 8.23. The number of fused-ring (bicyclic) bond motifs is 1. The van der Waals surface area contributed by atoms with Crippen LogP contribution in [0, 0.1) is 0 Å². The molecule has 0 radical (unpaired) electrons. The molecule has 3 rings (SSSR count). The molecule has 1 aliphatic heterocycles. The van der Waals surface area contributed by atoms with Crippen LogP contribution in [0.4, 0.5) is 0 Å². The first-order valence-corrected chi connectivity index (χ1v) is 7.89. The molecule has 22 heavy (non-hydrogen) atoms. The van der Waals surface area contributed by atoms with Crippen LogP contribution in [-0.2, 0) is 9.53 Å². The molecule has 0 spiro atoms. The number of hydrogen-bond acceptors (Lipinski definition) is 3. The molecule has 2 heterocycles. The first-order valence-electron chi connectivity index (χ1n) is 7.89. The predicted octanol–water partition coefficient (Wildman–Crippen LogP) is 3.59. The second-order valence-corrected chi connectivity index (χ2v) is 6.64. The zero-order valence-corrected chi connectivity index (χ0v) is 13.7. The fourth-order valence-corrected chi connectivity index (χ4v) is 2.71. The van der Waals surface area contributed by atoms with Gasteiger partial charge in [-0.25, -0.2) is 0 Å². The van der Waals surface area contributed by atoms with E-state index in [-0.39, 0.29) is 5.60 Å². The van der Waals surface area contributed by atoms with Crippen molar-refractivity contribution < 1.29 is 9.53 Å². The van der Waals surface area contributed by atoms with Crippen molar-refractivity contribution in [2.45, 2.75) is 45.1 Å². The second-order valence-electron chi connectivity index (χ2n) is 6.64. The molecule has 120 valence electrons. The first kappa shape index (κ1) is 16.6. The van der Waals surface area contributed by atoms with E-state index in [0.717, 1.165) is 19.0 Å². The monoisotopic (exact) mass is 302 g/mol. The van der Waals surface area contributed by atoms with Gasteiger partial charge in [-0.2, -0.15) is 0 Å². The Balaban J connectivity index is 0.000000217. The van der Waals surface area contributed by atoms with Crippen LogP contribution in [0.1, 0.15) is 45.1 Å². The molecule has 1 aromatic carbocycles. The summed E-state index contributed by atoms with van der Waals surface area (Å²) in [5.74, 6) is 0.738. The smallest absolute Gasteiger partial charge is 0.293 e. The Bertz CT molecular complexity index is 592. The van der Waals surface area contributed by atoms with E-state index in [1.807, 2.05) is 20.8 Å². The summed E-state index contributed by atoms with van der Waals surface area (Å²) >= 11 is 0. The summed E-state index contributed by atoms with van der Waals surface area (Å²) in [6, 6.07) is 8.59. The maximum Gasteiger partial charge on any atom is 0.293 e. The van der Waals surface area contributed by atoms with Gasteiger partial charge in [0.25, 0.3) is 6.47 Å². The first-order chi connectivity index (χ1) is 10.5. The molecule has 0 atom stereocenters. The van der Waals surface area contributed by atoms with Crippen LogP contribution in [-0.4, -0.2) is 30.1 Å². The van der Waals surface area contributed by atoms with Gasteiger partial charge in [0, 0.05) is 17.1 Å². The molecule has 0 aliphatic carbocycles. The molecular weight excluding hydrogens is 276 g/mol. The van der Waals surface area contributed by atoms with Gasteiger partial charge in [0.1, 0.15) is 5.60 Å². The number of para-hydroxylation sites is 1. The largest absolute Gasteiger partial charge is 0.462 e. The SMILES string of the molecule is CC(C)(C)OC=O.c1ccc2c(C3CCNCC3)c[nH]c2c1. The van der Waals surface area contributed by atoms with E-state index < -0.39 is 0 Å². The number of hydrogen-bond donors (Lipinski definition) is 2. The lowest BCUT2D eigenvalue weighted by Gasteiger charge is -2.22. The summed E-state index contributed by atoms with van der Waals surface area (Å²) in [5, 5.41) is 4.82. The maximum atomic E-state index is 9.60. The quantitative estimate of drug-likeness (QED) is 0.834. The van der Waals surface area contributed by atoms with Crippen molar-refractivity contribution >= 4 is 17.4 Å². The summed E-state index contributed by atoms with van der Waals surface area (Å²) < 4.78 is 4.55. The number of ether oxygens (including phenoxy) is 1. The zero-order valence-electron chi connectivity index (χ0n) is 13.7. The Morgan fingerprint density at radius 2 is 1.86 bits per heavy atom. The number of aromatic amines is 1. The minimum Gasteiger partial charge on any atom is -0.462 e. The molecule has 1 aliphatic rings. The summed E-state index contributed by atoms with van der Waals surface area (Å²) in [6.07, 6.45) is 4.73. The van der Waals surface area contributed by atoms with E-state index in [9.17, 15) is 4.79 Å². The van der Waals surface area contributed by atoms with E-state index in [2.05, 4.69) is 45.5 Å². The fourth-order valence-electron chi connectivity index (χ4n) is 2.71. The summed E-state index contributed by atoms with van der Waals surface area (Å²) in [4.78, 5) is 13.0. The van der Waals surface area contributed by atoms with Gasteiger partial charge < -0.3 is 15.0 Å². The highest BCUT2D eigenvalue weighted by molar-refractivity contribution is 5.83. The van der Waals surface area contributed by atoms with Crippen molar-refractivity contribution in [3.63, 3.8) is 0 Å².